The molecule has 6 nitrogen and oxygen atoms in total. The largest absolute Gasteiger partial charge is 0.444 e. The van der Waals surface area contributed by atoms with Gasteiger partial charge in [0.25, 0.3) is 5.91 Å². The fourth-order valence-electron chi connectivity index (χ4n) is 3.12. The van der Waals surface area contributed by atoms with Crippen LogP contribution in [0.1, 0.15) is 18.2 Å². The minimum atomic E-state index is -1.20. The number of oxazole rings is 1. The molecule has 3 amide bonds. The van der Waals surface area contributed by atoms with Gasteiger partial charge in [-0.05, 0) is 42.8 Å². The maximum absolute atomic E-state index is 13.4. The number of carbonyl (C=O) groups is 2. The SMILES string of the molecule is CC1(c2ccc(Cl)cc2)NC(=O)N(Cc2coc(-c3cccc(F)c3)n2)C1=O. The lowest BCUT2D eigenvalue weighted by Gasteiger charge is -2.22. The van der Waals surface area contributed by atoms with Crippen LogP contribution in [0.5, 0.6) is 0 Å². The molecule has 0 aliphatic carbocycles. The minimum absolute atomic E-state index is 0.0628. The zero-order valence-electron chi connectivity index (χ0n) is 14.8. The zero-order valence-corrected chi connectivity index (χ0v) is 15.5. The number of nitrogens with zero attached hydrogens (tertiary/aromatic N) is 2. The Kier molecular flexibility index (Phi) is 4.39. The summed E-state index contributed by atoms with van der Waals surface area (Å²) in [5, 5.41) is 3.25. The van der Waals surface area contributed by atoms with Gasteiger partial charge in [0, 0.05) is 10.6 Å². The number of nitrogens with one attached hydrogen (secondary N) is 1. The molecule has 142 valence electrons. The van der Waals surface area contributed by atoms with Crippen molar-refractivity contribution in [2.45, 2.75) is 19.0 Å². The van der Waals surface area contributed by atoms with Crippen LogP contribution in [-0.2, 0) is 16.9 Å². The number of imide groups is 1. The number of benzene rings is 2. The van der Waals surface area contributed by atoms with Crippen LogP contribution in [0.4, 0.5) is 9.18 Å². The monoisotopic (exact) mass is 399 g/mol. The number of halogens is 2. The highest BCUT2D eigenvalue weighted by molar-refractivity contribution is 6.30. The molecule has 1 unspecified atom stereocenters. The first kappa shape index (κ1) is 18.2. The van der Waals surface area contributed by atoms with Crippen molar-refractivity contribution in [3.63, 3.8) is 0 Å². The van der Waals surface area contributed by atoms with E-state index in [2.05, 4.69) is 10.3 Å². The average Bonchev–Trinajstić information content (AvgIpc) is 3.22. The van der Waals surface area contributed by atoms with E-state index in [9.17, 15) is 14.0 Å². The third kappa shape index (κ3) is 3.14. The molecule has 8 heteroatoms. The summed E-state index contributed by atoms with van der Waals surface area (Å²) in [6, 6.07) is 12.0. The van der Waals surface area contributed by atoms with Gasteiger partial charge in [0.1, 0.15) is 17.6 Å². The molecule has 1 fully saturated rings. The van der Waals surface area contributed by atoms with Crippen LogP contribution in [0.2, 0.25) is 5.02 Å². The lowest BCUT2D eigenvalue weighted by molar-refractivity contribution is -0.131. The van der Waals surface area contributed by atoms with Crippen molar-refractivity contribution < 1.29 is 18.4 Å². The predicted octanol–water partition coefficient (Wildman–Crippen LogP) is 4.10. The Hall–Kier alpha value is -3.19. The molecule has 1 aromatic heterocycles. The van der Waals surface area contributed by atoms with Gasteiger partial charge in [-0.3, -0.25) is 9.69 Å². The summed E-state index contributed by atoms with van der Waals surface area (Å²) in [6.07, 6.45) is 1.35. The first-order valence-electron chi connectivity index (χ1n) is 8.47. The molecule has 2 heterocycles. The third-order valence-electron chi connectivity index (χ3n) is 4.64. The first-order valence-corrected chi connectivity index (χ1v) is 8.85. The molecule has 0 spiro atoms. The molecular formula is C20H15ClFN3O3. The lowest BCUT2D eigenvalue weighted by Crippen LogP contribution is -2.40. The van der Waals surface area contributed by atoms with Crippen LogP contribution in [0.25, 0.3) is 11.5 Å². The van der Waals surface area contributed by atoms with Crippen molar-refractivity contribution in [3.8, 4) is 11.5 Å². The summed E-state index contributed by atoms with van der Waals surface area (Å²) in [5.74, 6) is -0.609. The van der Waals surface area contributed by atoms with E-state index < -0.39 is 23.3 Å². The molecule has 1 aliphatic heterocycles. The van der Waals surface area contributed by atoms with Gasteiger partial charge in [0.05, 0.1) is 12.2 Å². The molecule has 0 saturated carbocycles. The highest BCUT2D eigenvalue weighted by atomic mass is 35.5. The fourth-order valence-corrected chi connectivity index (χ4v) is 3.24. The van der Waals surface area contributed by atoms with E-state index in [0.717, 1.165) is 4.90 Å². The summed E-state index contributed by atoms with van der Waals surface area (Å²) in [6.45, 7) is 1.57. The van der Waals surface area contributed by atoms with Crippen LogP contribution in [0, 0.1) is 5.82 Å². The standard InChI is InChI=1S/C20H15ClFN3O3/c1-20(13-5-7-14(21)8-6-13)18(26)25(19(27)24-20)10-16-11-28-17(23-16)12-3-2-4-15(22)9-12/h2-9,11H,10H2,1H3,(H,24,27). The van der Waals surface area contributed by atoms with Crippen molar-refractivity contribution in [2.24, 2.45) is 0 Å². The summed E-state index contributed by atoms with van der Waals surface area (Å²) in [7, 11) is 0. The van der Waals surface area contributed by atoms with Gasteiger partial charge in [-0.25, -0.2) is 14.2 Å². The second-order valence-electron chi connectivity index (χ2n) is 6.61. The second kappa shape index (κ2) is 6.76. The summed E-state index contributed by atoms with van der Waals surface area (Å²) in [5.41, 5.74) is 0.271. The zero-order chi connectivity index (χ0) is 19.9. The Bertz CT molecular complexity index is 1070. The van der Waals surface area contributed by atoms with Crippen molar-refractivity contribution >= 4 is 23.5 Å². The van der Waals surface area contributed by atoms with E-state index in [1.165, 1.54) is 18.4 Å². The topological polar surface area (TPSA) is 75.4 Å². The first-order chi connectivity index (χ1) is 13.4. The van der Waals surface area contributed by atoms with E-state index in [0.29, 0.717) is 21.8 Å². The minimum Gasteiger partial charge on any atom is -0.444 e. The van der Waals surface area contributed by atoms with Crippen LogP contribution < -0.4 is 5.32 Å². The van der Waals surface area contributed by atoms with Crippen LogP contribution >= 0.6 is 11.6 Å². The molecule has 1 atom stereocenters. The third-order valence-corrected chi connectivity index (χ3v) is 4.89. The molecule has 4 rings (SSSR count). The summed E-state index contributed by atoms with van der Waals surface area (Å²) in [4.78, 5) is 30.7. The van der Waals surface area contributed by atoms with Gasteiger partial charge in [-0.2, -0.15) is 0 Å². The van der Waals surface area contributed by atoms with Crippen molar-refractivity contribution in [1.29, 1.82) is 0 Å². The normalized spacial score (nSPS) is 19.2. The molecular weight excluding hydrogens is 385 g/mol. The van der Waals surface area contributed by atoms with Gasteiger partial charge in [-0.15, -0.1) is 0 Å². The van der Waals surface area contributed by atoms with Gasteiger partial charge in [0.15, 0.2) is 0 Å². The fraction of sp³-hybridized carbons (Fsp3) is 0.150. The lowest BCUT2D eigenvalue weighted by atomic mass is 9.92. The summed E-state index contributed by atoms with van der Waals surface area (Å²) >= 11 is 5.90. The number of hydrogen-bond donors (Lipinski definition) is 1. The van der Waals surface area contributed by atoms with E-state index in [1.807, 2.05) is 0 Å². The van der Waals surface area contributed by atoms with Crippen LogP contribution in [0.3, 0.4) is 0 Å². The van der Waals surface area contributed by atoms with Crippen LogP contribution in [0.15, 0.2) is 59.2 Å². The van der Waals surface area contributed by atoms with Crippen molar-refractivity contribution in [3.05, 3.63) is 76.9 Å². The smallest absolute Gasteiger partial charge is 0.325 e. The highest BCUT2D eigenvalue weighted by Gasteiger charge is 2.49. The Morgan fingerprint density at radius 1 is 1.21 bits per heavy atom. The van der Waals surface area contributed by atoms with Crippen LogP contribution in [-0.4, -0.2) is 21.8 Å². The Balaban J connectivity index is 1.56. The predicted molar refractivity (Wildman–Crippen MR) is 99.8 cm³/mol. The van der Waals surface area contributed by atoms with Crippen molar-refractivity contribution in [2.75, 3.05) is 0 Å². The molecule has 0 bridgehead atoms. The van der Waals surface area contributed by atoms with Gasteiger partial charge < -0.3 is 9.73 Å². The van der Waals surface area contributed by atoms with Gasteiger partial charge in [0.2, 0.25) is 5.89 Å². The molecule has 3 aromatic rings. The molecule has 0 radical (unpaired) electrons. The molecule has 2 aromatic carbocycles. The maximum atomic E-state index is 13.4. The number of carbonyl (C=O) groups excluding carboxylic acids is 2. The number of aromatic nitrogens is 1. The molecule has 1 aliphatic rings. The maximum Gasteiger partial charge on any atom is 0.325 e. The van der Waals surface area contributed by atoms with Gasteiger partial charge >= 0.3 is 6.03 Å². The second-order valence-corrected chi connectivity index (χ2v) is 7.04. The Morgan fingerprint density at radius 3 is 2.68 bits per heavy atom. The number of rotatable bonds is 4. The number of hydrogen-bond acceptors (Lipinski definition) is 4. The van der Waals surface area contributed by atoms with E-state index in [4.69, 9.17) is 16.0 Å². The van der Waals surface area contributed by atoms with Crippen molar-refractivity contribution in [1.82, 2.24) is 15.2 Å². The number of urea groups is 1. The van der Waals surface area contributed by atoms with E-state index in [-0.39, 0.29) is 12.4 Å². The molecule has 1 N–H and O–H groups in total. The summed E-state index contributed by atoms with van der Waals surface area (Å²) < 4.78 is 18.8. The van der Waals surface area contributed by atoms with E-state index >= 15 is 0 Å². The average molecular weight is 400 g/mol. The number of amides is 3. The van der Waals surface area contributed by atoms with E-state index in [1.54, 1.807) is 43.3 Å². The Morgan fingerprint density at radius 2 is 1.96 bits per heavy atom. The highest BCUT2D eigenvalue weighted by Crippen LogP contribution is 2.31. The quantitative estimate of drug-likeness (QED) is 0.670. The molecule has 1 saturated heterocycles. The Labute approximate surface area is 164 Å². The molecule has 28 heavy (non-hydrogen) atoms. The van der Waals surface area contributed by atoms with Gasteiger partial charge in [-0.1, -0.05) is 29.8 Å².